The third-order valence-electron chi connectivity index (χ3n) is 11.4. The van der Waals surface area contributed by atoms with Gasteiger partial charge in [-0.25, -0.2) is 0 Å². The van der Waals surface area contributed by atoms with E-state index in [9.17, 15) is 40.5 Å². The molecular formula is C48H89NO10. The van der Waals surface area contributed by atoms with Gasteiger partial charge >= 0.3 is 0 Å². The van der Waals surface area contributed by atoms with Gasteiger partial charge in [-0.05, 0) is 70.6 Å². The number of allylic oxidation sites excluding steroid dienone is 6. The highest BCUT2D eigenvalue weighted by atomic mass is 16.7. The molecule has 11 nitrogen and oxygen atoms in total. The first kappa shape index (κ1) is 55.3. The van der Waals surface area contributed by atoms with Crippen LogP contribution in [0.1, 0.15) is 194 Å². The molecule has 1 aliphatic heterocycles. The first-order chi connectivity index (χ1) is 28.7. The maximum absolute atomic E-state index is 13.1. The summed E-state index contributed by atoms with van der Waals surface area (Å²) in [4.78, 5) is 13.1. The summed E-state index contributed by atoms with van der Waals surface area (Å²) in [5.74, 6) is -0.717. The molecule has 1 fully saturated rings. The van der Waals surface area contributed by atoms with Crippen molar-refractivity contribution in [3.05, 3.63) is 36.5 Å². The first-order valence-electron chi connectivity index (χ1n) is 23.9. The maximum Gasteiger partial charge on any atom is 0.249 e. The Labute approximate surface area is 358 Å². The molecule has 1 heterocycles. The van der Waals surface area contributed by atoms with E-state index in [1.807, 2.05) is 6.08 Å². The van der Waals surface area contributed by atoms with E-state index in [1.54, 1.807) is 0 Å². The van der Waals surface area contributed by atoms with Crippen LogP contribution in [0.4, 0.5) is 0 Å². The average Bonchev–Trinajstić information content (AvgIpc) is 3.23. The molecule has 1 saturated heterocycles. The fourth-order valence-corrected chi connectivity index (χ4v) is 7.46. The van der Waals surface area contributed by atoms with Gasteiger partial charge in [-0.1, -0.05) is 159 Å². The summed E-state index contributed by atoms with van der Waals surface area (Å²) in [5, 5.41) is 75.4. The SMILES string of the molecule is CC/C=C/CC/C=C/CCCC(O)C(O)C(COC1OC(CO)C(O)C(O)C1O)NC(=O)C(O)CCCCCCCCC/C=C\CCCCCCCCCCCCCC. The molecule has 8 N–H and O–H groups in total. The number of ether oxygens (including phenoxy) is 2. The monoisotopic (exact) mass is 840 g/mol. The number of carbonyl (C=O) groups excluding carboxylic acids is 1. The number of nitrogens with one attached hydrogen (secondary N) is 1. The molecule has 0 aromatic rings. The Kier molecular flexibility index (Phi) is 35.7. The van der Waals surface area contributed by atoms with E-state index in [4.69, 9.17) is 9.47 Å². The molecule has 0 radical (unpaired) electrons. The highest BCUT2D eigenvalue weighted by Gasteiger charge is 2.44. The van der Waals surface area contributed by atoms with Crippen LogP contribution < -0.4 is 5.32 Å². The molecule has 1 amide bonds. The number of carbonyl (C=O) groups is 1. The fraction of sp³-hybridized carbons (Fsp3) is 0.854. The Hall–Kier alpha value is -1.67. The third-order valence-corrected chi connectivity index (χ3v) is 11.4. The van der Waals surface area contributed by atoms with Gasteiger partial charge in [0.05, 0.1) is 25.4 Å². The molecule has 0 aromatic heterocycles. The van der Waals surface area contributed by atoms with Gasteiger partial charge in [0, 0.05) is 0 Å². The summed E-state index contributed by atoms with van der Waals surface area (Å²) in [6.07, 6.45) is 32.3. The van der Waals surface area contributed by atoms with Crippen molar-refractivity contribution in [3.8, 4) is 0 Å². The van der Waals surface area contributed by atoms with Gasteiger partial charge in [0.1, 0.15) is 36.6 Å². The Morgan fingerprint density at radius 2 is 1.07 bits per heavy atom. The summed E-state index contributed by atoms with van der Waals surface area (Å²) in [6.45, 7) is 3.28. The minimum absolute atomic E-state index is 0.242. The molecule has 0 bridgehead atoms. The predicted molar refractivity (Wildman–Crippen MR) is 238 cm³/mol. The van der Waals surface area contributed by atoms with Crippen molar-refractivity contribution in [2.24, 2.45) is 0 Å². The van der Waals surface area contributed by atoms with Crippen molar-refractivity contribution >= 4 is 5.91 Å². The first-order valence-corrected chi connectivity index (χ1v) is 23.9. The van der Waals surface area contributed by atoms with E-state index in [2.05, 4.69) is 49.5 Å². The van der Waals surface area contributed by atoms with Crippen LogP contribution in [0.15, 0.2) is 36.5 Å². The Balaban J connectivity index is 2.35. The van der Waals surface area contributed by atoms with Crippen LogP contribution in [0.5, 0.6) is 0 Å². The molecular weight excluding hydrogens is 751 g/mol. The standard InChI is InChI=1S/C48H89NO10/c1-3-5-7-9-11-13-14-15-16-17-18-19-20-21-22-23-24-25-26-28-30-32-34-36-41(52)47(57)49-39(38-58-48-46(56)45(55)44(54)42(37-50)59-48)43(53)40(51)35-33-31-29-27-12-10-8-6-4-2/h6,8,21-22,27,29,39-46,48,50-56H,3-5,7,9-20,23-26,28,30-38H2,1-2H3,(H,49,57)/b8-6+,22-21-,29-27+. The van der Waals surface area contributed by atoms with Crippen LogP contribution in [-0.4, -0.2) is 110 Å². The van der Waals surface area contributed by atoms with Crippen LogP contribution >= 0.6 is 0 Å². The number of hydrogen-bond donors (Lipinski definition) is 8. The molecule has 0 spiro atoms. The summed E-state index contributed by atoms with van der Waals surface area (Å²) < 4.78 is 11.0. The van der Waals surface area contributed by atoms with Crippen molar-refractivity contribution in [2.45, 2.75) is 249 Å². The van der Waals surface area contributed by atoms with Gasteiger partial charge in [0.25, 0.3) is 0 Å². The smallest absolute Gasteiger partial charge is 0.249 e. The van der Waals surface area contributed by atoms with E-state index >= 15 is 0 Å². The molecule has 0 aliphatic carbocycles. The average molecular weight is 840 g/mol. The van der Waals surface area contributed by atoms with Gasteiger partial charge in [-0.3, -0.25) is 4.79 Å². The van der Waals surface area contributed by atoms with Crippen molar-refractivity contribution in [1.82, 2.24) is 5.32 Å². The fourth-order valence-electron chi connectivity index (χ4n) is 7.46. The number of aliphatic hydroxyl groups is 7. The quantitative estimate of drug-likeness (QED) is 0.0223. The van der Waals surface area contributed by atoms with E-state index in [1.165, 1.54) is 103 Å². The van der Waals surface area contributed by atoms with E-state index in [0.717, 1.165) is 44.9 Å². The predicted octanol–water partition coefficient (Wildman–Crippen LogP) is 8.00. The minimum Gasteiger partial charge on any atom is -0.394 e. The topological polar surface area (TPSA) is 189 Å². The van der Waals surface area contributed by atoms with E-state index in [0.29, 0.717) is 19.3 Å². The second-order valence-electron chi connectivity index (χ2n) is 16.8. The zero-order valence-corrected chi connectivity index (χ0v) is 37.2. The van der Waals surface area contributed by atoms with Crippen LogP contribution in [0.2, 0.25) is 0 Å². The van der Waals surface area contributed by atoms with Crippen LogP contribution in [0, 0.1) is 0 Å². The zero-order chi connectivity index (χ0) is 43.4. The largest absolute Gasteiger partial charge is 0.394 e. The van der Waals surface area contributed by atoms with Gasteiger partial charge in [-0.2, -0.15) is 0 Å². The zero-order valence-electron chi connectivity index (χ0n) is 37.2. The molecule has 9 unspecified atom stereocenters. The second kappa shape index (κ2) is 38.0. The van der Waals surface area contributed by atoms with Crippen LogP contribution in [-0.2, 0) is 14.3 Å². The summed E-state index contributed by atoms with van der Waals surface area (Å²) in [7, 11) is 0. The molecule has 1 aliphatic rings. The maximum atomic E-state index is 13.1. The number of amides is 1. The molecule has 11 heteroatoms. The number of rotatable bonds is 39. The molecule has 346 valence electrons. The molecule has 9 atom stereocenters. The Morgan fingerprint density at radius 1 is 0.593 bits per heavy atom. The van der Waals surface area contributed by atoms with Gasteiger partial charge in [-0.15, -0.1) is 0 Å². The number of hydrogen-bond acceptors (Lipinski definition) is 10. The Morgan fingerprint density at radius 3 is 1.59 bits per heavy atom. The van der Waals surface area contributed by atoms with Gasteiger partial charge in [0.15, 0.2) is 6.29 Å². The van der Waals surface area contributed by atoms with Crippen LogP contribution in [0.25, 0.3) is 0 Å². The lowest BCUT2D eigenvalue weighted by molar-refractivity contribution is -0.303. The highest BCUT2D eigenvalue weighted by molar-refractivity contribution is 5.80. The normalized spacial score (nSPS) is 22.1. The molecule has 0 aromatic carbocycles. The lowest BCUT2D eigenvalue weighted by Crippen LogP contribution is -2.60. The lowest BCUT2D eigenvalue weighted by atomic mass is 9.98. The van der Waals surface area contributed by atoms with Crippen molar-refractivity contribution in [2.75, 3.05) is 13.2 Å². The minimum atomic E-state index is -1.67. The second-order valence-corrected chi connectivity index (χ2v) is 16.8. The van der Waals surface area contributed by atoms with Gasteiger partial charge in [0.2, 0.25) is 5.91 Å². The van der Waals surface area contributed by atoms with Gasteiger partial charge < -0.3 is 50.5 Å². The number of unbranched alkanes of at least 4 members (excludes halogenated alkanes) is 21. The number of aliphatic hydroxyl groups excluding tert-OH is 7. The third kappa shape index (κ3) is 27.8. The Bertz CT molecular complexity index is 1050. The molecule has 59 heavy (non-hydrogen) atoms. The van der Waals surface area contributed by atoms with E-state index in [-0.39, 0.29) is 12.8 Å². The van der Waals surface area contributed by atoms with E-state index < -0.39 is 74.2 Å². The molecule has 0 saturated carbocycles. The summed E-state index contributed by atoms with van der Waals surface area (Å²) in [5.41, 5.74) is 0. The summed E-state index contributed by atoms with van der Waals surface area (Å²) in [6, 6.07) is -1.19. The van der Waals surface area contributed by atoms with Crippen molar-refractivity contribution in [1.29, 1.82) is 0 Å². The lowest BCUT2D eigenvalue weighted by Gasteiger charge is -2.40. The molecule has 1 rings (SSSR count). The van der Waals surface area contributed by atoms with Crippen molar-refractivity contribution in [3.63, 3.8) is 0 Å². The van der Waals surface area contributed by atoms with Crippen LogP contribution in [0.3, 0.4) is 0 Å². The highest BCUT2D eigenvalue weighted by Crippen LogP contribution is 2.23. The van der Waals surface area contributed by atoms with Crippen molar-refractivity contribution < 1.29 is 50.0 Å². The summed E-state index contributed by atoms with van der Waals surface area (Å²) >= 11 is 0.